The van der Waals surface area contributed by atoms with Crippen molar-refractivity contribution in [3.63, 3.8) is 0 Å². The molecule has 15 heteroatoms. The lowest BCUT2D eigenvalue weighted by Gasteiger charge is -2.35. The third kappa shape index (κ3) is 3.72. The van der Waals surface area contributed by atoms with Crippen LogP contribution in [-0.2, 0) is 13.8 Å². The van der Waals surface area contributed by atoms with Gasteiger partial charge in [0.15, 0.2) is 5.90 Å². The van der Waals surface area contributed by atoms with Crippen LogP contribution in [0.15, 0.2) is 14.7 Å². The molecule has 0 fully saturated rings. The number of rotatable bonds is 3. The largest absolute Gasteiger partial charge is 0.443 e. The maximum atomic E-state index is 13.4. The Labute approximate surface area is 162 Å². The van der Waals surface area contributed by atoms with Gasteiger partial charge < -0.3 is 14.2 Å². The first kappa shape index (κ1) is 23.5. The molecule has 0 aromatic heterocycles. The first-order valence-corrected chi connectivity index (χ1v) is 9.98. The van der Waals surface area contributed by atoms with Gasteiger partial charge in [0.1, 0.15) is 5.28 Å². The van der Waals surface area contributed by atoms with E-state index in [1.54, 1.807) is 6.92 Å². The predicted molar refractivity (Wildman–Crippen MR) is 92.7 cm³/mol. The number of alkyl halides is 6. The van der Waals surface area contributed by atoms with Crippen LogP contribution in [0.5, 0.6) is 0 Å². The summed E-state index contributed by atoms with van der Waals surface area (Å²) in [7, 11) is -2.31. The average Bonchev–Trinajstić information content (AvgIpc) is 2.73. The van der Waals surface area contributed by atoms with Gasteiger partial charge in [0.25, 0.3) is 0 Å². The fourth-order valence-corrected chi connectivity index (χ4v) is 4.33. The molecule has 1 N–H and O–H groups in total. The van der Waals surface area contributed by atoms with E-state index in [0.29, 0.717) is 0 Å². The Balaban J connectivity index is 2.53. The first-order valence-electron chi connectivity index (χ1n) is 8.40. The average molecular weight is 451 g/mol. The van der Waals surface area contributed by atoms with Gasteiger partial charge in [0, 0.05) is 13.5 Å². The zero-order valence-electron chi connectivity index (χ0n) is 16.1. The lowest BCUT2D eigenvalue weighted by Crippen LogP contribution is -2.58. The van der Waals surface area contributed by atoms with E-state index in [9.17, 15) is 30.9 Å². The summed E-state index contributed by atoms with van der Waals surface area (Å²) in [5.41, 5.74) is -4.73. The van der Waals surface area contributed by atoms with Crippen molar-refractivity contribution in [2.45, 2.75) is 57.4 Å². The van der Waals surface area contributed by atoms with Gasteiger partial charge >= 0.3 is 31.6 Å². The van der Waals surface area contributed by atoms with Crippen molar-refractivity contribution < 1.29 is 40.2 Å². The summed E-state index contributed by atoms with van der Waals surface area (Å²) in [6.45, 7) is 5.86. The van der Waals surface area contributed by atoms with Crippen molar-refractivity contribution in [2.24, 2.45) is 14.7 Å². The van der Waals surface area contributed by atoms with Crippen LogP contribution < -0.4 is 5.32 Å². The SMILES string of the molecule is CCOP1(=O)N=C(NC2=NC(C(F)(F)F)(C(F)(F)F)N=C(CC)O2)N(C)C1(C)C. The summed E-state index contributed by atoms with van der Waals surface area (Å²) in [6, 6.07) is -1.13. The van der Waals surface area contributed by atoms with Crippen molar-refractivity contribution >= 4 is 25.4 Å². The van der Waals surface area contributed by atoms with Gasteiger partial charge in [-0.15, -0.1) is 0 Å². The summed E-state index contributed by atoms with van der Waals surface area (Å²) >= 11 is 0. The van der Waals surface area contributed by atoms with Gasteiger partial charge in [0.05, 0.1) is 6.61 Å². The van der Waals surface area contributed by atoms with E-state index in [4.69, 9.17) is 9.26 Å². The topological polar surface area (TPSA) is 87.9 Å². The van der Waals surface area contributed by atoms with E-state index >= 15 is 0 Å². The molecule has 0 aromatic carbocycles. The molecule has 2 rings (SSSR count). The number of halogens is 6. The Hall–Kier alpha value is -1.82. The molecule has 29 heavy (non-hydrogen) atoms. The highest BCUT2D eigenvalue weighted by atomic mass is 31.2. The van der Waals surface area contributed by atoms with Crippen LogP contribution in [-0.4, -0.2) is 59.7 Å². The normalized spacial score (nSPS) is 26.4. The van der Waals surface area contributed by atoms with Crippen molar-refractivity contribution in [3.05, 3.63) is 0 Å². The molecule has 166 valence electrons. The smallest absolute Gasteiger partial charge is 0.411 e. The Morgan fingerprint density at radius 2 is 1.69 bits per heavy atom. The minimum atomic E-state index is -5.88. The molecular formula is C14H20F6N5O3P. The molecule has 0 spiro atoms. The van der Waals surface area contributed by atoms with Gasteiger partial charge in [-0.1, -0.05) is 6.92 Å². The zero-order chi connectivity index (χ0) is 22.5. The minimum absolute atomic E-state index is 0.0284. The molecule has 0 radical (unpaired) electrons. The van der Waals surface area contributed by atoms with Crippen molar-refractivity contribution in [1.82, 2.24) is 10.2 Å². The molecule has 2 aliphatic rings. The van der Waals surface area contributed by atoms with Crippen molar-refractivity contribution in [2.75, 3.05) is 13.7 Å². The predicted octanol–water partition coefficient (Wildman–Crippen LogP) is 3.86. The summed E-state index contributed by atoms with van der Waals surface area (Å²) in [5.74, 6) is -1.15. The van der Waals surface area contributed by atoms with E-state index in [-0.39, 0.29) is 19.0 Å². The second-order valence-corrected chi connectivity index (χ2v) is 9.18. The number of nitrogens with zero attached hydrogens (tertiary/aromatic N) is 4. The Kier molecular flexibility index (Phi) is 5.78. The summed E-state index contributed by atoms with van der Waals surface area (Å²) in [5, 5.41) is 0.956. The highest BCUT2D eigenvalue weighted by Crippen LogP contribution is 2.64. The number of amidine groups is 1. The van der Waals surface area contributed by atoms with E-state index in [2.05, 4.69) is 20.1 Å². The molecule has 0 aromatic rings. The molecule has 0 aliphatic carbocycles. The lowest BCUT2D eigenvalue weighted by molar-refractivity contribution is -0.293. The number of hydrogen-bond acceptors (Lipinski definition) is 7. The standard InChI is InChI=1S/C14H20F6N5O3P/c1-6-8-22-12(13(15,16)17,14(18,19)20)23-10(28-8)21-9-24-29(26,27-7-2)11(3,4)25(9)5/h6-7H2,1-5H3,(H,21,23,24,26). The monoisotopic (exact) mass is 451 g/mol. The molecule has 0 saturated heterocycles. The molecule has 8 nitrogen and oxygen atoms in total. The third-order valence-electron chi connectivity index (χ3n) is 4.44. The first-order chi connectivity index (χ1) is 13.0. The maximum absolute atomic E-state index is 13.4. The van der Waals surface area contributed by atoms with Crippen molar-refractivity contribution in [1.29, 1.82) is 0 Å². The fraction of sp³-hybridized carbons (Fsp3) is 0.786. The van der Waals surface area contributed by atoms with Crippen LogP contribution >= 0.6 is 7.52 Å². The number of guanidine groups is 1. The van der Waals surface area contributed by atoms with Crippen LogP contribution in [0, 0.1) is 0 Å². The third-order valence-corrected chi connectivity index (χ3v) is 7.18. The zero-order valence-corrected chi connectivity index (χ0v) is 17.0. The Morgan fingerprint density at radius 1 is 1.14 bits per heavy atom. The summed E-state index contributed by atoms with van der Waals surface area (Å²) < 4.78 is 107. The fourth-order valence-electron chi connectivity index (χ4n) is 2.46. The second kappa shape index (κ2) is 7.15. The molecule has 0 amide bonds. The number of nitrogens with one attached hydrogen (secondary N) is 1. The van der Waals surface area contributed by atoms with Gasteiger partial charge in [-0.2, -0.15) is 36.1 Å². The van der Waals surface area contributed by atoms with E-state index < -0.39 is 42.7 Å². The molecule has 0 bridgehead atoms. The Morgan fingerprint density at radius 3 is 2.14 bits per heavy atom. The van der Waals surface area contributed by atoms with Gasteiger partial charge in [0.2, 0.25) is 5.96 Å². The number of hydrogen-bond donors (Lipinski definition) is 1. The van der Waals surface area contributed by atoms with Crippen LogP contribution in [0.4, 0.5) is 26.3 Å². The number of ether oxygens (including phenoxy) is 1. The highest BCUT2D eigenvalue weighted by molar-refractivity contribution is 7.59. The van der Waals surface area contributed by atoms with Crippen molar-refractivity contribution in [3.8, 4) is 0 Å². The maximum Gasteiger partial charge on any atom is 0.443 e. The highest BCUT2D eigenvalue weighted by Gasteiger charge is 2.74. The molecule has 1 atom stereocenters. The number of aliphatic imine (C=N–C) groups is 2. The van der Waals surface area contributed by atoms with Gasteiger partial charge in [-0.25, -0.2) is 4.99 Å². The molecular weight excluding hydrogens is 431 g/mol. The van der Waals surface area contributed by atoms with Crippen LogP contribution in [0.1, 0.15) is 34.1 Å². The van der Waals surface area contributed by atoms with E-state index in [0.717, 1.165) is 0 Å². The molecule has 2 heterocycles. The lowest BCUT2D eigenvalue weighted by atomic mass is 10.1. The quantitative estimate of drug-likeness (QED) is 0.520. The molecule has 1 unspecified atom stereocenters. The molecule has 2 aliphatic heterocycles. The van der Waals surface area contributed by atoms with E-state index in [1.165, 1.54) is 32.7 Å². The second-order valence-electron chi connectivity index (χ2n) is 6.59. The summed E-state index contributed by atoms with van der Waals surface area (Å²) in [6.07, 6.45) is -12.1. The van der Waals surface area contributed by atoms with Gasteiger partial charge in [-0.3, -0.25) is 9.88 Å². The van der Waals surface area contributed by atoms with E-state index in [1.807, 2.05) is 0 Å². The van der Waals surface area contributed by atoms with Crippen LogP contribution in [0.25, 0.3) is 0 Å². The minimum Gasteiger partial charge on any atom is -0.411 e. The van der Waals surface area contributed by atoms with Gasteiger partial charge in [-0.05, 0) is 20.8 Å². The van der Waals surface area contributed by atoms with Crippen LogP contribution in [0.3, 0.4) is 0 Å². The summed E-state index contributed by atoms with van der Waals surface area (Å²) in [4.78, 5) is 6.65. The Bertz CT molecular complexity index is 791. The molecule has 0 saturated carbocycles. The van der Waals surface area contributed by atoms with Crippen LogP contribution in [0.2, 0.25) is 0 Å².